The van der Waals surface area contributed by atoms with Crippen molar-refractivity contribution in [1.82, 2.24) is 19.7 Å². The molecule has 0 saturated heterocycles. The fraction of sp³-hybridized carbons (Fsp3) is 0. The summed E-state index contributed by atoms with van der Waals surface area (Å²) >= 11 is 0. The Hall–Kier alpha value is -3.88. The largest absolute Gasteiger partial charge is 0.370 e. The van der Waals surface area contributed by atoms with Gasteiger partial charge in [0, 0.05) is 17.5 Å². The van der Waals surface area contributed by atoms with Crippen LogP contribution in [-0.4, -0.2) is 24.7 Å². The number of pyridine rings is 1. The summed E-state index contributed by atoms with van der Waals surface area (Å²) in [5.41, 5.74) is -0.239. The number of aromatic nitrogens is 4. The number of aromatic amines is 1. The van der Waals surface area contributed by atoms with Crippen LogP contribution in [0.5, 0.6) is 0 Å². The average molecular weight is 335 g/mol. The summed E-state index contributed by atoms with van der Waals surface area (Å²) in [6, 6.07) is 12.1. The number of nitrogens with zero attached hydrogens (tertiary/aromatic N) is 4. The number of hydrogen-bond acceptors (Lipinski definition) is 6. The predicted octanol–water partition coefficient (Wildman–Crippen LogP) is 1.53. The molecule has 2 heterocycles. The van der Waals surface area contributed by atoms with Crippen LogP contribution >= 0.6 is 0 Å². The van der Waals surface area contributed by atoms with Crippen LogP contribution in [0.1, 0.15) is 0 Å². The molecule has 0 fully saturated rings. The summed E-state index contributed by atoms with van der Waals surface area (Å²) in [5, 5.41) is 15.2. The van der Waals surface area contributed by atoms with Gasteiger partial charge in [-0.2, -0.15) is 14.8 Å². The molecule has 0 aliphatic rings. The van der Waals surface area contributed by atoms with E-state index >= 15 is 0 Å². The molecule has 0 radical (unpaired) electrons. The van der Waals surface area contributed by atoms with Crippen molar-refractivity contribution < 1.29 is 4.92 Å². The van der Waals surface area contributed by atoms with Crippen LogP contribution in [0.2, 0.25) is 0 Å². The molecule has 0 unspecified atom stereocenters. The van der Waals surface area contributed by atoms with E-state index in [1.807, 2.05) is 0 Å². The van der Waals surface area contributed by atoms with E-state index in [9.17, 15) is 19.7 Å². The van der Waals surface area contributed by atoms with Gasteiger partial charge in [0.1, 0.15) is 0 Å². The number of H-pyrrole nitrogens is 1. The number of para-hydroxylation sites is 1. The van der Waals surface area contributed by atoms with Crippen LogP contribution in [0.3, 0.4) is 0 Å². The third-order valence-corrected chi connectivity index (χ3v) is 3.76. The molecule has 0 saturated carbocycles. The highest BCUT2D eigenvalue weighted by Gasteiger charge is 2.13. The summed E-state index contributed by atoms with van der Waals surface area (Å²) < 4.78 is 0.941. The Kier molecular flexibility index (Phi) is 3.14. The number of nitro groups is 1. The maximum Gasteiger partial charge on any atom is 0.370 e. The maximum atomic E-state index is 12.6. The molecule has 0 spiro atoms. The summed E-state index contributed by atoms with van der Waals surface area (Å²) in [6.45, 7) is 0. The highest BCUT2D eigenvalue weighted by molar-refractivity contribution is 5.88. The summed E-state index contributed by atoms with van der Waals surface area (Å²) in [6.07, 6.45) is 0. The number of non-ortho nitro benzene ring substituents is 1. The van der Waals surface area contributed by atoms with Crippen LogP contribution in [0.4, 0.5) is 5.69 Å². The fourth-order valence-electron chi connectivity index (χ4n) is 2.56. The monoisotopic (exact) mass is 335 g/mol. The average Bonchev–Trinajstić information content (AvgIpc) is 2.61. The third-order valence-electron chi connectivity index (χ3n) is 3.76. The molecule has 2 aromatic carbocycles. The van der Waals surface area contributed by atoms with E-state index in [-0.39, 0.29) is 28.0 Å². The van der Waals surface area contributed by atoms with Crippen LogP contribution in [0.25, 0.3) is 27.8 Å². The lowest BCUT2D eigenvalue weighted by atomic mass is 10.2. The predicted molar refractivity (Wildman–Crippen MR) is 89.9 cm³/mol. The molecular weight excluding hydrogens is 326 g/mol. The summed E-state index contributed by atoms with van der Waals surface area (Å²) in [7, 11) is 0. The number of hydrogen-bond donors (Lipinski definition) is 1. The zero-order chi connectivity index (χ0) is 17.6. The molecule has 0 amide bonds. The van der Waals surface area contributed by atoms with E-state index < -0.39 is 10.6 Å². The molecule has 122 valence electrons. The molecule has 0 aliphatic carbocycles. The van der Waals surface area contributed by atoms with E-state index in [0.29, 0.717) is 10.9 Å². The van der Waals surface area contributed by atoms with Crippen LogP contribution < -0.4 is 11.1 Å². The van der Waals surface area contributed by atoms with Gasteiger partial charge in [-0.05, 0) is 24.3 Å². The van der Waals surface area contributed by atoms with Gasteiger partial charge in [0.15, 0.2) is 11.2 Å². The number of nitrogens with one attached hydrogen (secondary N) is 1. The number of nitro benzene ring substituents is 1. The molecule has 4 aromatic rings. The van der Waals surface area contributed by atoms with Crippen LogP contribution in [0, 0.1) is 10.1 Å². The second-order valence-electron chi connectivity index (χ2n) is 5.28. The Balaban J connectivity index is 1.99. The number of fused-ring (bicyclic) bond motifs is 2. The molecule has 9 nitrogen and oxygen atoms in total. The van der Waals surface area contributed by atoms with Crippen molar-refractivity contribution >= 4 is 27.8 Å². The maximum absolute atomic E-state index is 12.6. The van der Waals surface area contributed by atoms with E-state index in [1.54, 1.807) is 24.3 Å². The first-order chi connectivity index (χ1) is 12.0. The molecule has 4 rings (SSSR count). The molecule has 25 heavy (non-hydrogen) atoms. The highest BCUT2D eigenvalue weighted by atomic mass is 16.6. The molecule has 1 N–H and O–H groups in total. The van der Waals surface area contributed by atoms with Crippen molar-refractivity contribution in [3.8, 4) is 5.69 Å². The first-order valence-electron chi connectivity index (χ1n) is 7.21. The lowest BCUT2D eigenvalue weighted by molar-refractivity contribution is -0.384. The van der Waals surface area contributed by atoms with E-state index in [4.69, 9.17) is 0 Å². The summed E-state index contributed by atoms with van der Waals surface area (Å²) in [4.78, 5) is 41.8. The second-order valence-corrected chi connectivity index (χ2v) is 5.28. The van der Waals surface area contributed by atoms with Gasteiger partial charge in [-0.3, -0.25) is 14.9 Å². The Morgan fingerprint density at radius 3 is 2.48 bits per heavy atom. The van der Waals surface area contributed by atoms with Gasteiger partial charge in [-0.25, -0.2) is 4.79 Å². The van der Waals surface area contributed by atoms with Crippen molar-refractivity contribution in [2.75, 3.05) is 0 Å². The lowest BCUT2D eigenvalue weighted by Gasteiger charge is -2.06. The standard InChI is InChI=1S/C16H9N5O4/c22-14-11-3-1-2-4-12(11)17-15-13(14)19-20(16(23)18-15)9-5-7-10(8-6-9)21(24)25/h1-8H,(H,17,18,23). The summed E-state index contributed by atoms with van der Waals surface area (Å²) in [5.74, 6) is 0. The van der Waals surface area contributed by atoms with Gasteiger partial charge < -0.3 is 4.98 Å². The van der Waals surface area contributed by atoms with Crippen molar-refractivity contribution in [3.63, 3.8) is 0 Å². The van der Waals surface area contributed by atoms with Crippen molar-refractivity contribution in [2.45, 2.75) is 0 Å². The normalized spacial score (nSPS) is 11.0. The zero-order valence-electron chi connectivity index (χ0n) is 12.5. The minimum Gasteiger partial charge on any atom is -0.337 e. The molecule has 0 aliphatic heterocycles. The van der Waals surface area contributed by atoms with Crippen molar-refractivity contribution in [3.05, 3.63) is 79.4 Å². The Morgan fingerprint density at radius 2 is 1.76 bits per heavy atom. The molecule has 9 heteroatoms. The third kappa shape index (κ3) is 2.34. The molecule has 0 atom stereocenters. The Bertz CT molecular complexity index is 1260. The van der Waals surface area contributed by atoms with Gasteiger partial charge in [-0.15, -0.1) is 0 Å². The lowest BCUT2D eigenvalue weighted by Crippen LogP contribution is -2.26. The van der Waals surface area contributed by atoms with Crippen LogP contribution in [-0.2, 0) is 0 Å². The van der Waals surface area contributed by atoms with Crippen LogP contribution in [0.15, 0.2) is 58.1 Å². The fourth-order valence-corrected chi connectivity index (χ4v) is 2.56. The van der Waals surface area contributed by atoms with Gasteiger partial charge in [0.05, 0.1) is 16.1 Å². The first-order valence-corrected chi connectivity index (χ1v) is 7.21. The molecule has 0 bridgehead atoms. The quantitative estimate of drug-likeness (QED) is 0.336. The van der Waals surface area contributed by atoms with Gasteiger partial charge in [0.2, 0.25) is 5.43 Å². The minimum absolute atomic E-state index is 0.0108. The first kappa shape index (κ1) is 14.7. The number of rotatable bonds is 2. The molecule has 2 aromatic heterocycles. The highest BCUT2D eigenvalue weighted by Crippen LogP contribution is 2.14. The van der Waals surface area contributed by atoms with E-state index in [2.05, 4.69) is 15.1 Å². The van der Waals surface area contributed by atoms with Gasteiger partial charge >= 0.3 is 5.69 Å². The Labute approximate surface area is 138 Å². The second kappa shape index (κ2) is 5.34. The topological polar surface area (TPSA) is 124 Å². The van der Waals surface area contributed by atoms with Crippen molar-refractivity contribution in [2.24, 2.45) is 0 Å². The Morgan fingerprint density at radius 1 is 1.04 bits per heavy atom. The number of benzene rings is 2. The SMILES string of the molecule is O=c1c2ccccc2[nH]c2nc(=O)n(-c3ccc([N+](=O)[O-])cc3)nc12. The molecular formula is C16H9N5O4. The van der Waals surface area contributed by atoms with E-state index in [0.717, 1.165) is 4.68 Å². The zero-order valence-corrected chi connectivity index (χ0v) is 12.5. The van der Waals surface area contributed by atoms with Crippen molar-refractivity contribution in [1.29, 1.82) is 0 Å². The smallest absolute Gasteiger partial charge is 0.337 e. The van der Waals surface area contributed by atoms with Gasteiger partial charge in [0.25, 0.3) is 5.69 Å². The minimum atomic E-state index is -0.702. The van der Waals surface area contributed by atoms with Gasteiger partial charge in [-0.1, -0.05) is 12.1 Å². The van der Waals surface area contributed by atoms with E-state index in [1.165, 1.54) is 24.3 Å².